The van der Waals surface area contributed by atoms with Crippen LogP contribution in [0.5, 0.6) is 0 Å². The van der Waals surface area contributed by atoms with Gasteiger partial charge in [0.2, 0.25) is 0 Å². The van der Waals surface area contributed by atoms with Gasteiger partial charge in [-0.1, -0.05) is 0 Å². The van der Waals surface area contributed by atoms with Crippen LogP contribution < -0.4 is 5.73 Å². The molecule has 0 unspecified atom stereocenters. The van der Waals surface area contributed by atoms with Gasteiger partial charge >= 0.3 is 0 Å². The quantitative estimate of drug-likeness (QED) is 0.436. The standard InChI is InChI=1S/C8H9N3/c1-2-10-8-6-7(9)4-3-5-11-8/h2-5H,9H2,1H3. The van der Waals surface area contributed by atoms with Crippen LogP contribution in [0.3, 0.4) is 0 Å². The third kappa shape index (κ3) is 2.24. The lowest BCUT2D eigenvalue weighted by Gasteiger charge is -1.84. The number of rotatable bonds is 1. The summed E-state index contributed by atoms with van der Waals surface area (Å²) >= 11 is 0. The summed E-state index contributed by atoms with van der Waals surface area (Å²) in [5, 5.41) is 0. The predicted molar refractivity (Wildman–Crippen MR) is 46.5 cm³/mol. The van der Waals surface area contributed by atoms with E-state index in [-0.39, 0.29) is 0 Å². The lowest BCUT2D eigenvalue weighted by Crippen LogP contribution is -1.89. The van der Waals surface area contributed by atoms with Crippen LogP contribution in [0.15, 0.2) is 39.4 Å². The summed E-state index contributed by atoms with van der Waals surface area (Å²) in [6.07, 6.45) is 6.76. The van der Waals surface area contributed by atoms with E-state index in [1.807, 2.05) is 6.92 Å². The Labute approximate surface area is 65.3 Å². The highest BCUT2D eigenvalue weighted by atomic mass is 14.9. The van der Waals surface area contributed by atoms with Gasteiger partial charge in [0, 0.05) is 12.4 Å². The molecule has 1 aliphatic heterocycles. The third-order valence-corrected chi connectivity index (χ3v) is 1.07. The van der Waals surface area contributed by atoms with Gasteiger partial charge in [-0.05, 0) is 24.8 Å². The Hall–Kier alpha value is -1.60. The predicted octanol–water partition coefficient (Wildman–Crippen LogP) is 1.00. The van der Waals surface area contributed by atoms with E-state index in [0.717, 1.165) is 0 Å². The molecule has 0 aromatic heterocycles. The molecule has 0 fully saturated rings. The third-order valence-electron chi connectivity index (χ3n) is 1.07. The fourth-order valence-electron chi connectivity index (χ4n) is 0.651. The van der Waals surface area contributed by atoms with Gasteiger partial charge in [-0.15, -0.1) is 0 Å². The minimum Gasteiger partial charge on any atom is -0.392 e. The summed E-state index contributed by atoms with van der Waals surface area (Å²) in [7, 11) is 0. The molecule has 0 saturated carbocycles. The fourth-order valence-corrected chi connectivity index (χ4v) is 0.651. The minimum atomic E-state index is 0.509. The first-order valence-electron chi connectivity index (χ1n) is 3.28. The van der Waals surface area contributed by atoms with Gasteiger partial charge in [-0.25, -0.2) is 9.98 Å². The summed E-state index contributed by atoms with van der Waals surface area (Å²) in [6.45, 7) is 1.82. The molecule has 0 aromatic carbocycles. The highest BCUT2D eigenvalue weighted by molar-refractivity contribution is 5.74. The van der Waals surface area contributed by atoms with Crippen molar-refractivity contribution in [2.75, 3.05) is 0 Å². The summed E-state index contributed by atoms with van der Waals surface area (Å²) in [5.74, 6) is 0.509. The van der Waals surface area contributed by atoms with Crippen LogP contribution in [0, 0.1) is 0 Å². The molecule has 1 heterocycles. The van der Waals surface area contributed by atoms with Crippen molar-refractivity contribution in [3.8, 4) is 0 Å². The van der Waals surface area contributed by atoms with Crippen LogP contribution in [0.25, 0.3) is 0 Å². The monoisotopic (exact) mass is 147 g/mol. The summed E-state index contributed by atoms with van der Waals surface area (Å²) in [5.41, 5.74) is 8.85. The fraction of sp³-hybridized carbons (Fsp3) is 0.125. The minimum absolute atomic E-state index is 0.509. The van der Waals surface area contributed by atoms with Crippen molar-refractivity contribution in [2.24, 2.45) is 15.7 Å². The second-order valence-electron chi connectivity index (χ2n) is 1.93. The molecule has 2 N–H and O–H groups in total. The van der Waals surface area contributed by atoms with Crippen LogP contribution in [-0.2, 0) is 0 Å². The molecule has 0 saturated heterocycles. The maximum Gasteiger partial charge on any atom is 0.198 e. The summed E-state index contributed by atoms with van der Waals surface area (Å²) < 4.78 is 0. The van der Waals surface area contributed by atoms with Gasteiger partial charge in [0.15, 0.2) is 5.82 Å². The SMILES string of the molecule is CC=NC1=C=C(N)C=CC=N1. The number of hydrogen-bond acceptors (Lipinski definition) is 3. The van der Waals surface area contributed by atoms with Crippen molar-refractivity contribution < 1.29 is 0 Å². The highest BCUT2D eigenvalue weighted by Gasteiger charge is 1.88. The van der Waals surface area contributed by atoms with E-state index in [2.05, 4.69) is 15.7 Å². The Bertz CT molecular complexity index is 288. The van der Waals surface area contributed by atoms with Crippen molar-refractivity contribution in [2.45, 2.75) is 6.92 Å². The molecule has 1 aliphatic rings. The lowest BCUT2D eigenvalue weighted by molar-refractivity contribution is 1.25. The zero-order valence-corrected chi connectivity index (χ0v) is 6.28. The van der Waals surface area contributed by atoms with Gasteiger partial charge in [0.1, 0.15) is 0 Å². The van der Waals surface area contributed by atoms with Gasteiger partial charge in [0.25, 0.3) is 0 Å². The molecule has 0 spiro atoms. The van der Waals surface area contributed by atoms with E-state index in [0.29, 0.717) is 11.5 Å². The highest BCUT2D eigenvalue weighted by Crippen LogP contribution is 1.99. The lowest BCUT2D eigenvalue weighted by atomic mass is 10.4. The largest absolute Gasteiger partial charge is 0.392 e. The molecule has 0 atom stereocenters. The van der Waals surface area contributed by atoms with Crippen LogP contribution in [-0.4, -0.2) is 12.4 Å². The van der Waals surface area contributed by atoms with Crippen molar-refractivity contribution in [1.29, 1.82) is 0 Å². The van der Waals surface area contributed by atoms with Crippen molar-refractivity contribution in [3.05, 3.63) is 29.4 Å². The van der Waals surface area contributed by atoms with E-state index in [9.17, 15) is 0 Å². The van der Waals surface area contributed by atoms with E-state index < -0.39 is 0 Å². The van der Waals surface area contributed by atoms with Crippen molar-refractivity contribution >= 4 is 12.4 Å². The Balaban J connectivity index is 3.03. The maximum absolute atomic E-state index is 5.50. The number of allylic oxidation sites excluding steroid dienone is 2. The number of nitrogens with zero attached hydrogens (tertiary/aromatic N) is 2. The number of nitrogens with two attached hydrogens (primary N) is 1. The molecule has 3 heteroatoms. The topological polar surface area (TPSA) is 50.7 Å². The molecule has 0 radical (unpaired) electrons. The molecule has 3 nitrogen and oxygen atoms in total. The molecule has 56 valence electrons. The van der Waals surface area contributed by atoms with E-state index in [1.165, 1.54) is 0 Å². The molecule has 11 heavy (non-hydrogen) atoms. The average molecular weight is 147 g/mol. The van der Waals surface area contributed by atoms with E-state index in [4.69, 9.17) is 5.73 Å². The second-order valence-corrected chi connectivity index (χ2v) is 1.93. The Kier molecular flexibility index (Phi) is 2.42. The maximum atomic E-state index is 5.50. The van der Waals surface area contributed by atoms with Crippen molar-refractivity contribution in [3.63, 3.8) is 0 Å². The van der Waals surface area contributed by atoms with Gasteiger partial charge in [0.05, 0.1) is 5.70 Å². The van der Waals surface area contributed by atoms with E-state index in [1.54, 1.807) is 24.6 Å². The summed E-state index contributed by atoms with van der Waals surface area (Å²) in [4.78, 5) is 7.89. The normalized spacial score (nSPS) is 16.5. The van der Waals surface area contributed by atoms with E-state index >= 15 is 0 Å². The van der Waals surface area contributed by atoms with Crippen LogP contribution in [0.1, 0.15) is 6.92 Å². The molecule has 1 rings (SSSR count). The first-order valence-corrected chi connectivity index (χ1v) is 3.28. The molecule has 0 amide bonds. The van der Waals surface area contributed by atoms with Gasteiger partial charge in [-0.2, -0.15) is 0 Å². The zero-order valence-electron chi connectivity index (χ0n) is 6.28. The molecule has 0 bridgehead atoms. The average Bonchev–Trinajstić information content (AvgIpc) is 2.15. The molecule has 0 aromatic rings. The Morgan fingerprint density at radius 2 is 2.55 bits per heavy atom. The van der Waals surface area contributed by atoms with Crippen molar-refractivity contribution in [1.82, 2.24) is 0 Å². The number of hydrogen-bond donors (Lipinski definition) is 1. The second kappa shape index (κ2) is 3.54. The smallest absolute Gasteiger partial charge is 0.198 e. The molecular weight excluding hydrogens is 138 g/mol. The van der Waals surface area contributed by atoms with Crippen LogP contribution in [0.2, 0.25) is 0 Å². The van der Waals surface area contributed by atoms with Crippen LogP contribution >= 0.6 is 0 Å². The van der Waals surface area contributed by atoms with Gasteiger partial charge < -0.3 is 5.73 Å². The zero-order chi connectivity index (χ0) is 8.10. The first-order chi connectivity index (χ1) is 5.33. The molecular formula is C8H9N3. The van der Waals surface area contributed by atoms with Gasteiger partial charge in [-0.3, -0.25) is 0 Å². The Morgan fingerprint density at radius 1 is 1.73 bits per heavy atom. The first kappa shape index (κ1) is 7.51. The Morgan fingerprint density at radius 3 is 3.27 bits per heavy atom. The molecule has 0 aliphatic carbocycles. The van der Waals surface area contributed by atoms with Crippen LogP contribution in [0.4, 0.5) is 0 Å². The summed E-state index contributed by atoms with van der Waals surface area (Å²) in [6, 6.07) is 0. The number of aliphatic imine (C=N–C) groups is 2.